The molecule has 1 aliphatic rings. The summed E-state index contributed by atoms with van der Waals surface area (Å²) in [6.07, 6.45) is 0. The van der Waals surface area contributed by atoms with Gasteiger partial charge in [0, 0.05) is 0 Å². The van der Waals surface area contributed by atoms with Gasteiger partial charge in [0.2, 0.25) is 0 Å². The van der Waals surface area contributed by atoms with Crippen LogP contribution >= 0.6 is 0 Å². The summed E-state index contributed by atoms with van der Waals surface area (Å²) >= 11 is 0. The number of imide groups is 1. The molecule has 3 aromatic carbocycles. The fraction of sp³-hybridized carbons (Fsp3) is 0.185. The average Bonchev–Trinajstić information content (AvgIpc) is 3.09. The van der Waals surface area contributed by atoms with Crippen molar-refractivity contribution < 1.29 is 23.8 Å². The molecule has 0 bridgehead atoms. The van der Waals surface area contributed by atoms with Crippen LogP contribution in [0.3, 0.4) is 0 Å². The van der Waals surface area contributed by atoms with Crippen molar-refractivity contribution in [1.29, 1.82) is 0 Å². The lowest BCUT2D eigenvalue weighted by Crippen LogP contribution is -2.32. The number of ether oxygens (including phenoxy) is 3. The van der Waals surface area contributed by atoms with Gasteiger partial charge in [-0.05, 0) is 42.3 Å². The lowest BCUT2D eigenvalue weighted by molar-refractivity contribution is -0.137. The molecule has 0 aliphatic carbocycles. The van der Waals surface area contributed by atoms with Crippen molar-refractivity contribution in [2.24, 2.45) is 0 Å². The molecule has 0 fully saturated rings. The summed E-state index contributed by atoms with van der Waals surface area (Å²) in [6.45, 7) is 2.51. The largest absolute Gasteiger partial charge is 0.493 e. The lowest BCUT2D eigenvalue weighted by atomic mass is 10.0. The molecule has 4 rings (SSSR count). The number of benzene rings is 3. The van der Waals surface area contributed by atoms with Gasteiger partial charge in [0.1, 0.15) is 11.4 Å². The van der Waals surface area contributed by atoms with Crippen molar-refractivity contribution in [3.8, 4) is 17.2 Å². The Morgan fingerprint density at radius 2 is 1.50 bits per heavy atom. The van der Waals surface area contributed by atoms with Crippen molar-refractivity contribution in [3.05, 3.63) is 89.6 Å². The predicted octanol–water partition coefficient (Wildman–Crippen LogP) is 4.49. The molecular weight excluding hydrogens is 432 g/mol. The minimum atomic E-state index is -0.412. The van der Waals surface area contributed by atoms with E-state index in [2.05, 4.69) is 5.32 Å². The molecule has 0 saturated heterocycles. The molecule has 3 aromatic rings. The summed E-state index contributed by atoms with van der Waals surface area (Å²) in [4.78, 5) is 28.4. The second kappa shape index (κ2) is 10.1. The standard InChI is InChI=1S/C27H26N2O5/c1-4-34-21-13-9-8-12-20(21)28-25-24(19-14-15-22(32-2)23(16-19)33-3)26(30)29(27(25)31)17-18-10-6-5-7-11-18/h5-16,28H,4,17H2,1-3H3. The van der Waals surface area contributed by atoms with Crippen LogP contribution in [0.25, 0.3) is 5.57 Å². The fourth-order valence-electron chi connectivity index (χ4n) is 3.85. The average molecular weight is 459 g/mol. The number of para-hydroxylation sites is 2. The van der Waals surface area contributed by atoms with Gasteiger partial charge >= 0.3 is 0 Å². The Kier molecular flexibility index (Phi) is 6.82. The zero-order chi connectivity index (χ0) is 24.1. The number of amides is 2. The second-order valence-corrected chi connectivity index (χ2v) is 7.56. The zero-order valence-electron chi connectivity index (χ0n) is 19.3. The Labute approximate surface area is 198 Å². The van der Waals surface area contributed by atoms with Crippen LogP contribution in [0.5, 0.6) is 17.2 Å². The van der Waals surface area contributed by atoms with Crippen molar-refractivity contribution >= 4 is 23.1 Å². The van der Waals surface area contributed by atoms with Crippen LogP contribution in [0.15, 0.2) is 78.5 Å². The number of nitrogens with one attached hydrogen (secondary N) is 1. The van der Waals surface area contributed by atoms with Gasteiger partial charge in [-0.2, -0.15) is 0 Å². The highest BCUT2D eigenvalue weighted by molar-refractivity contribution is 6.36. The normalized spacial score (nSPS) is 13.3. The van der Waals surface area contributed by atoms with Gasteiger partial charge in [0.15, 0.2) is 11.5 Å². The number of carbonyl (C=O) groups is 2. The molecule has 0 unspecified atom stereocenters. The Morgan fingerprint density at radius 3 is 2.21 bits per heavy atom. The van der Waals surface area contributed by atoms with E-state index in [1.165, 1.54) is 12.0 Å². The highest BCUT2D eigenvalue weighted by Crippen LogP contribution is 2.37. The molecule has 0 spiro atoms. The zero-order valence-corrected chi connectivity index (χ0v) is 19.3. The number of hydrogen-bond acceptors (Lipinski definition) is 6. The highest BCUT2D eigenvalue weighted by atomic mass is 16.5. The SMILES string of the molecule is CCOc1ccccc1NC1=C(c2ccc(OC)c(OC)c2)C(=O)N(Cc2ccccc2)C1=O. The van der Waals surface area contributed by atoms with Crippen LogP contribution in [0, 0.1) is 0 Å². The smallest absolute Gasteiger partial charge is 0.278 e. The first kappa shape index (κ1) is 22.9. The molecule has 1 heterocycles. The van der Waals surface area contributed by atoms with Gasteiger partial charge in [-0.25, -0.2) is 0 Å². The molecule has 0 aromatic heterocycles. The minimum absolute atomic E-state index is 0.160. The van der Waals surface area contributed by atoms with Crippen LogP contribution in [-0.2, 0) is 16.1 Å². The fourth-order valence-corrected chi connectivity index (χ4v) is 3.85. The van der Waals surface area contributed by atoms with Crippen molar-refractivity contribution in [2.45, 2.75) is 13.5 Å². The van der Waals surface area contributed by atoms with E-state index < -0.39 is 11.8 Å². The first-order chi connectivity index (χ1) is 16.6. The van der Waals surface area contributed by atoms with E-state index in [-0.39, 0.29) is 17.8 Å². The number of nitrogens with zero attached hydrogens (tertiary/aromatic N) is 1. The van der Waals surface area contributed by atoms with E-state index in [0.717, 1.165) is 5.56 Å². The summed E-state index contributed by atoms with van der Waals surface area (Å²) in [6, 6.07) is 21.9. The second-order valence-electron chi connectivity index (χ2n) is 7.56. The Balaban J connectivity index is 1.80. The van der Waals surface area contributed by atoms with Gasteiger partial charge < -0.3 is 19.5 Å². The van der Waals surface area contributed by atoms with E-state index in [9.17, 15) is 9.59 Å². The number of anilines is 1. The van der Waals surface area contributed by atoms with Gasteiger partial charge in [-0.15, -0.1) is 0 Å². The van der Waals surface area contributed by atoms with Gasteiger partial charge in [-0.3, -0.25) is 14.5 Å². The third-order valence-electron chi connectivity index (χ3n) is 5.47. The van der Waals surface area contributed by atoms with Crippen molar-refractivity contribution in [3.63, 3.8) is 0 Å². The van der Waals surface area contributed by atoms with Crippen LogP contribution in [0.1, 0.15) is 18.1 Å². The van der Waals surface area contributed by atoms with E-state index in [1.807, 2.05) is 61.5 Å². The molecule has 0 atom stereocenters. The molecule has 1 aliphatic heterocycles. The molecule has 0 saturated carbocycles. The molecule has 2 amide bonds. The summed E-state index contributed by atoms with van der Waals surface area (Å²) < 4.78 is 16.5. The molecule has 0 radical (unpaired) electrons. The maximum absolute atomic E-state index is 13.6. The summed E-state index contributed by atoms with van der Waals surface area (Å²) in [5.41, 5.74) is 2.43. The summed E-state index contributed by atoms with van der Waals surface area (Å²) in [7, 11) is 3.07. The Bertz CT molecular complexity index is 1240. The van der Waals surface area contributed by atoms with Crippen LogP contribution in [0.2, 0.25) is 0 Å². The van der Waals surface area contributed by atoms with Crippen molar-refractivity contribution in [2.75, 3.05) is 26.1 Å². The van der Waals surface area contributed by atoms with Crippen molar-refractivity contribution in [1.82, 2.24) is 4.90 Å². The Hall–Kier alpha value is -4.26. The first-order valence-corrected chi connectivity index (χ1v) is 10.9. The molecule has 174 valence electrons. The number of methoxy groups -OCH3 is 2. The molecule has 34 heavy (non-hydrogen) atoms. The van der Waals surface area contributed by atoms with Crippen LogP contribution in [0.4, 0.5) is 5.69 Å². The maximum atomic E-state index is 13.6. The quantitative estimate of drug-likeness (QED) is 0.476. The molecule has 1 N–H and O–H groups in total. The van der Waals surface area contributed by atoms with Crippen LogP contribution in [-0.4, -0.2) is 37.5 Å². The number of rotatable bonds is 9. The monoisotopic (exact) mass is 458 g/mol. The molecule has 7 nitrogen and oxygen atoms in total. The lowest BCUT2D eigenvalue weighted by Gasteiger charge is -2.16. The summed E-state index contributed by atoms with van der Waals surface area (Å²) in [5, 5.41) is 3.18. The van der Waals surface area contributed by atoms with Gasteiger partial charge in [0.25, 0.3) is 11.8 Å². The predicted molar refractivity (Wildman–Crippen MR) is 130 cm³/mol. The maximum Gasteiger partial charge on any atom is 0.278 e. The van der Waals surface area contributed by atoms with Gasteiger partial charge in [0.05, 0.1) is 38.6 Å². The minimum Gasteiger partial charge on any atom is -0.493 e. The highest BCUT2D eigenvalue weighted by Gasteiger charge is 2.39. The van der Waals surface area contributed by atoms with E-state index in [1.54, 1.807) is 25.3 Å². The van der Waals surface area contributed by atoms with E-state index in [0.29, 0.717) is 35.1 Å². The van der Waals surface area contributed by atoms with E-state index >= 15 is 0 Å². The molecule has 7 heteroatoms. The third-order valence-corrected chi connectivity index (χ3v) is 5.47. The number of carbonyl (C=O) groups excluding carboxylic acids is 2. The third kappa shape index (κ3) is 4.45. The van der Waals surface area contributed by atoms with Crippen LogP contribution < -0.4 is 19.5 Å². The Morgan fingerprint density at radius 1 is 0.794 bits per heavy atom. The summed E-state index contributed by atoms with van der Waals surface area (Å²) in [5.74, 6) is 0.776. The molecular formula is C27H26N2O5. The van der Waals surface area contributed by atoms with Gasteiger partial charge in [-0.1, -0.05) is 48.5 Å². The van der Waals surface area contributed by atoms with E-state index in [4.69, 9.17) is 14.2 Å². The first-order valence-electron chi connectivity index (χ1n) is 10.9. The number of hydrogen-bond donors (Lipinski definition) is 1. The topological polar surface area (TPSA) is 77.1 Å².